The number of ketones is 2. The average molecular weight is 503 g/mol. The molecule has 194 valence electrons. The summed E-state index contributed by atoms with van der Waals surface area (Å²) < 4.78 is 5.76. The molecule has 0 radical (unpaired) electrons. The quantitative estimate of drug-likeness (QED) is 0.247. The molecular weight excluding hydrogens is 472 g/mol. The highest BCUT2D eigenvalue weighted by atomic mass is 16.5. The van der Waals surface area contributed by atoms with Crippen molar-refractivity contribution in [3.8, 4) is 5.75 Å². The summed E-state index contributed by atoms with van der Waals surface area (Å²) in [5.74, 6) is -7.95. The molecule has 0 saturated carbocycles. The van der Waals surface area contributed by atoms with Crippen LogP contribution in [0.2, 0.25) is 0 Å². The standard InChI is InChI=1S/C25H30N2O9/c1-5-12(29)36-21-13-9(2)10-7-6-8-11(28)14(10)19(30)15(13)22(32)25(35)17(21)18(27(3)4)20(31)16(23(25)33)24(26)34/h6-9,13,17-18,21,24,28,31-32,34-35H,5,26H2,1-4H3/t9-,13+,17+,18-,21-,24?,25-/m0/s1. The van der Waals surface area contributed by atoms with Crippen LogP contribution in [0.3, 0.4) is 0 Å². The zero-order chi connectivity index (χ0) is 26.9. The first kappa shape index (κ1) is 25.8. The van der Waals surface area contributed by atoms with E-state index in [4.69, 9.17) is 10.5 Å². The number of hydrogen-bond acceptors (Lipinski definition) is 11. The molecule has 36 heavy (non-hydrogen) atoms. The van der Waals surface area contributed by atoms with Crippen LogP contribution in [0.1, 0.15) is 42.1 Å². The second-order valence-corrected chi connectivity index (χ2v) is 9.73. The maximum atomic E-state index is 13.7. The van der Waals surface area contributed by atoms with Gasteiger partial charge in [0.1, 0.15) is 29.6 Å². The topological polar surface area (TPSA) is 191 Å². The Morgan fingerprint density at radius 2 is 1.86 bits per heavy atom. The van der Waals surface area contributed by atoms with Crippen molar-refractivity contribution in [1.82, 2.24) is 4.90 Å². The van der Waals surface area contributed by atoms with Gasteiger partial charge in [0, 0.05) is 17.9 Å². The molecule has 0 heterocycles. The molecule has 11 heteroatoms. The van der Waals surface area contributed by atoms with E-state index in [0.717, 1.165) is 0 Å². The SMILES string of the molecule is CCC(=O)O[C@H]1[C@H]2C(=C(O)[C@]3(O)C(=O)C(C(N)O)=C(O)[C@@H](N(C)C)[C@H]13)C(=O)c1c(O)cccc1[C@@H]2C. The monoisotopic (exact) mass is 502 g/mol. The van der Waals surface area contributed by atoms with Crippen LogP contribution >= 0.6 is 0 Å². The normalized spacial score (nSPS) is 32.7. The van der Waals surface area contributed by atoms with Crippen LogP contribution in [0, 0.1) is 11.8 Å². The van der Waals surface area contributed by atoms with Gasteiger partial charge in [0.05, 0.1) is 23.1 Å². The van der Waals surface area contributed by atoms with Crippen molar-refractivity contribution in [2.45, 2.75) is 50.2 Å². The van der Waals surface area contributed by atoms with Gasteiger partial charge < -0.3 is 36.0 Å². The van der Waals surface area contributed by atoms with Crippen LogP contribution in [0.25, 0.3) is 0 Å². The molecule has 1 unspecified atom stereocenters. The lowest BCUT2D eigenvalue weighted by molar-refractivity contribution is -0.181. The van der Waals surface area contributed by atoms with E-state index in [-0.39, 0.29) is 23.3 Å². The highest BCUT2D eigenvalue weighted by molar-refractivity contribution is 6.16. The summed E-state index contributed by atoms with van der Waals surface area (Å²) in [4.78, 5) is 41.2. The first-order valence-corrected chi connectivity index (χ1v) is 11.6. The lowest BCUT2D eigenvalue weighted by Crippen LogP contribution is -2.69. The molecule has 3 aliphatic carbocycles. The minimum atomic E-state index is -2.88. The Hall–Kier alpha value is -3.25. The molecule has 0 aliphatic heterocycles. The Bertz CT molecular complexity index is 1220. The van der Waals surface area contributed by atoms with Crippen LogP contribution in [-0.2, 0) is 14.3 Å². The zero-order valence-corrected chi connectivity index (χ0v) is 20.3. The van der Waals surface area contributed by atoms with Crippen molar-refractivity contribution < 1.29 is 44.7 Å². The smallest absolute Gasteiger partial charge is 0.305 e. The molecule has 1 aromatic rings. The predicted octanol–water partition coefficient (Wildman–Crippen LogP) is 0.405. The highest BCUT2D eigenvalue weighted by Gasteiger charge is 2.68. The molecule has 0 fully saturated rings. The summed E-state index contributed by atoms with van der Waals surface area (Å²) in [6, 6.07) is 3.23. The number of ether oxygens (including phenoxy) is 1. The molecule has 0 bridgehead atoms. The number of phenolic OH excluding ortho intramolecular Hbond substituents is 1. The summed E-state index contributed by atoms with van der Waals surface area (Å²) in [7, 11) is 3.05. The number of nitrogens with zero attached hydrogens (tertiary/aromatic N) is 1. The van der Waals surface area contributed by atoms with Crippen LogP contribution in [0.4, 0.5) is 0 Å². The first-order chi connectivity index (χ1) is 16.8. The van der Waals surface area contributed by atoms with Gasteiger partial charge in [-0.05, 0) is 31.6 Å². The average Bonchev–Trinajstić information content (AvgIpc) is 2.80. The van der Waals surface area contributed by atoms with E-state index in [2.05, 4.69) is 0 Å². The number of phenols is 1. The number of aromatic hydroxyl groups is 1. The number of Topliss-reactive ketones (excluding diaryl/α,β-unsaturated/α-hetero) is 2. The van der Waals surface area contributed by atoms with Crippen molar-refractivity contribution in [3.63, 3.8) is 0 Å². The third-order valence-electron chi connectivity index (χ3n) is 7.61. The van der Waals surface area contributed by atoms with Crippen LogP contribution in [-0.4, -0.2) is 86.0 Å². The predicted molar refractivity (Wildman–Crippen MR) is 125 cm³/mol. The Morgan fingerprint density at radius 1 is 1.22 bits per heavy atom. The number of rotatable bonds is 4. The van der Waals surface area contributed by atoms with E-state index < -0.39 is 76.4 Å². The molecule has 1 aromatic carbocycles. The number of nitrogens with two attached hydrogens (primary N) is 1. The van der Waals surface area contributed by atoms with Crippen molar-refractivity contribution >= 4 is 17.5 Å². The fourth-order valence-electron chi connectivity index (χ4n) is 6.00. The largest absolute Gasteiger partial charge is 0.510 e. The van der Waals surface area contributed by atoms with Gasteiger partial charge in [-0.15, -0.1) is 0 Å². The van der Waals surface area contributed by atoms with Gasteiger partial charge in [0.15, 0.2) is 11.4 Å². The van der Waals surface area contributed by atoms with E-state index in [9.17, 15) is 39.9 Å². The van der Waals surface area contributed by atoms with E-state index in [0.29, 0.717) is 5.56 Å². The molecule has 11 nitrogen and oxygen atoms in total. The van der Waals surface area contributed by atoms with Crippen molar-refractivity contribution in [1.29, 1.82) is 0 Å². The Kier molecular flexibility index (Phi) is 6.24. The number of aliphatic hydroxyl groups is 4. The maximum Gasteiger partial charge on any atom is 0.305 e. The van der Waals surface area contributed by atoms with Gasteiger partial charge in [0.25, 0.3) is 0 Å². The fourth-order valence-corrected chi connectivity index (χ4v) is 6.00. The van der Waals surface area contributed by atoms with E-state index in [1.165, 1.54) is 25.1 Å². The van der Waals surface area contributed by atoms with Gasteiger partial charge in [-0.3, -0.25) is 19.3 Å². The lowest BCUT2D eigenvalue weighted by atomic mass is 9.55. The summed E-state index contributed by atoms with van der Waals surface area (Å²) >= 11 is 0. The van der Waals surface area contributed by atoms with Crippen molar-refractivity contribution in [3.05, 3.63) is 52.0 Å². The van der Waals surface area contributed by atoms with E-state index in [1.807, 2.05) is 0 Å². The van der Waals surface area contributed by atoms with Crippen LogP contribution in [0.15, 0.2) is 40.9 Å². The van der Waals surface area contributed by atoms with Gasteiger partial charge in [0.2, 0.25) is 5.78 Å². The minimum absolute atomic E-state index is 0.0612. The number of aliphatic hydroxyl groups excluding tert-OH is 3. The second-order valence-electron chi connectivity index (χ2n) is 9.73. The zero-order valence-electron chi connectivity index (χ0n) is 20.3. The molecule has 7 N–H and O–H groups in total. The third kappa shape index (κ3) is 3.30. The molecule has 0 spiro atoms. The van der Waals surface area contributed by atoms with Crippen molar-refractivity contribution in [2.75, 3.05) is 14.1 Å². The molecule has 0 aromatic heterocycles. The molecule has 7 atom stereocenters. The van der Waals surface area contributed by atoms with Gasteiger partial charge >= 0.3 is 5.97 Å². The number of fused-ring (bicyclic) bond motifs is 3. The molecule has 4 rings (SSSR count). The second kappa shape index (κ2) is 8.70. The van der Waals surface area contributed by atoms with Gasteiger partial charge in [-0.1, -0.05) is 26.0 Å². The van der Waals surface area contributed by atoms with Crippen molar-refractivity contribution in [2.24, 2.45) is 17.6 Å². The fraction of sp³-hybridized carbons (Fsp3) is 0.480. The number of carbonyl (C=O) groups excluding carboxylic acids is 3. The Labute approximate surface area is 207 Å². The number of carbonyl (C=O) groups is 3. The van der Waals surface area contributed by atoms with Gasteiger partial charge in [-0.2, -0.15) is 0 Å². The molecule has 0 amide bonds. The van der Waals surface area contributed by atoms with E-state index >= 15 is 0 Å². The molecule has 3 aliphatic rings. The number of likely N-dealkylation sites (N-methyl/N-ethyl adjacent to an activating group) is 1. The Morgan fingerprint density at radius 3 is 2.42 bits per heavy atom. The van der Waals surface area contributed by atoms with Crippen LogP contribution < -0.4 is 5.73 Å². The molecule has 0 saturated heterocycles. The van der Waals surface area contributed by atoms with Gasteiger partial charge in [-0.25, -0.2) is 0 Å². The summed E-state index contributed by atoms with van der Waals surface area (Å²) in [5.41, 5.74) is 1.88. The highest BCUT2D eigenvalue weighted by Crippen LogP contribution is 2.56. The third-order valence-corrected chi connectivity index (χ3v) is 7.61. The number of hydrogen-bond donors (Lipinski definition) is 6. The Balaban J connectivity index is 2.10. The minimum Gasteiger partial charge on any atom is -0.510 e. The lowest BCUT2D eigenvalue weighted by Gasteiger charge is -2.54. The number of benzene rings is 1. The summed E-state index contributed by atoms with van der Waals surface area (Å²) in [5, 5.41) is 54.9. The molecular formula is C25H30N2O9. The number of esters is 1. The maximum absolute atomic E-state index is 13.7. The summed E-state index contributed by atoms with van der Waals surface area (Å²) in [6.07, 6.45) is -3.44. The van der Waals surface area contributed by atoms with E-state index in [1.54, 1.807) is 26.0 Å². The van der Waals surface area contributed by atoms with Crippen LogP contribution in [0.5, 0.6) is 5.75 Å². The summed E-state index contributed by atoms with van der Waals surface area (Å²) in [6.45, 7) is 3.25. The first-order valence-electron chi connectivity index (χ1n) is 11.6.